The highest BCUT2D eigenvalue weighted by Crippen LogP contribution is 2.23. The molecule has 0 bridgehead atoms. The van der Waals surface area contributed by atoms with Crippen molar-refractivity contribution < 1.29 is 23.2 Å². The number of carbonyl (C=O) groups is 1. The number of rotatable bonds is 8. The number of ether oxygens (including phenoxy) is 1. The normalized spacial score (nSPS) is 17.0. The number of aromatic nitrogens is 1. The molecule has 1 aliphatic heterocycles. The zero-order valence-corrected chi connectivity index (χ0v) is 16.8. The minimum atomic E-state index is -3.68. The summed E-state index contributed by atoms with van der Waals surface area (Å²) in [5.74, 6) is -2.12. The number of piperidine rings is 1. The monoisotopic (exact) mass is 419 g/mol. The number of benzene rings is 1. The van der Waals surface area contributed by atoms with Gasteiger partial charge >= 0.3 is 0 Å². The molecule has 0 unspecified atom stereocenters. The number of amides is 1. The smallest absolute Gasteiger partial charge is 0.251 e. The third-order valence-corrected chi connectivity index (χ3v) is 6.92. The van der Waals surface area contributed by atoms with Gasteiger partial charge in [0, 0.05) is 25.5 Å². The van der Waals surface area contributed by atoms with E-state index in [0.717, 1.165) is 5.56 Å². The van der Waals surface area contributed by atoms with Crippen LogP contribution < -0.4 is 5.48 Å². The van der Waals surface area contributed by atoms with Crippen LogP contribution in [0.15, 0.2) is 54.9 Å². The van der Waals surface area contributed by atoms with E-state index in [9.17, 15) is 13.2 Å². The summed E-state index contributed by atoms with van der Waals surface area (Å²) in [6.07, 6.45) is 4.60. The van der Waals surface area contributed by atoms with Gasteiger partial charge in [-0.2, -0.15) is 0 Å². The first-order chi connectivity index (χ1) is 14.0. The summed E-state index contributed by atoms with van der Waals surface area (Å²) >= 11 is 0. The van der Waals surface area contributed by atoms with E-state index >= 15 is 0 Å². The maximum Gasteiger partial charge on any atom is 0.251 e. The number of hydrogen-bond donors (Lipinski definition) is 2. The lowest BCUT2D eigenvalue weighted by Crippen LogP contribution is -2.44. The summed E-state index contributed by atoms with van der Waals surface area (Å²) in [7, 11) is -3.68. The number of carbonyl (C=O) groups excluding carboxylic acids is 1. The summed E-state index contributed by atoms with van der Waals surface area (Å²) in [6.45, 7) is 1.11. The van der Waals surface area contributed by atoms with Gasteiger partial charge in [0.25, 0.3) is 5.91 Å². The van der Waals surface area contributed by atoms with Gasteiger partial charge in [0.2, 0.25) is 10.0 Å². The molecule has 0 radical (unpaired) electrons. The van der Waals surface area contributed by atoms with Crippen LogP contribution in [-0.4, -0.2) is 53.8 Å². The molecule has 2 heterocycles. The summed E-state index contributed by atoms with van der Waals surface area (Å²) < 4.78 is 33.1. The van der Waals surface area contributed by atoms with Crippen LogP contribution in [0, 0.1) is 0 Å². The van der Waals surface area contributed by atoms with Gasteiger partial charge in [-0.05, 0) is 30.0 Å². The number of sulfonamides is 1. The molecule has 2 N–H and O–H groups in total. The van der Waals surface area contributed by atoms with Crippen molar-refractivity contribution in [3.63, 3.8) is 0 Å². The van der Waals surface area contributed by atoms with Crippen LogP contribution in [-0.2, 0) is 26.2 Å². The molecule has 1 fully saturated rings. The number of nitrogens with zero attached hydrogens (tertiary/aromatic N) is 2. The van der Waals surface area contributed by atoms with Crippen molar-refractivity contribution in [3.8, 4) is 0 Å². The molecule has 0 aliphatic carbocycles. The molecule has 3 rings (SSSR count). The van der Waals surface area contributed by atoms with Crippen LogP contribution in [0.25, 0.3) is 0 Å². The predicted octanol–water partition coefficient (Wildman–Crippen LogP) is 1.68. The molecule has 1 amide bonds. The van der Waals surface area contributed by atoms with Crippen LogP contribution in [0.3, 0.4) is 0 Å². The molecule has 9 heteroatoms. The molecule has 1 saturated heterocycles. The summed E-state index contributed by atoms with van der Waals surface area (Å²) in [5.41, 5.74) is 3.10. The van der Waals surface area contributed by atoms with Crippen molar-refractivity contribution in [2.45, 2.75) is 31.5 Å². The van der Waals surface area contributed by atoms with Crippen molar-refractivity contribution in [1.29, 1.82) is 0 Å². The second kappa shape index (κ2) is 9.93. The fourth-order valence-corrected chi connectivity index (χ4v) is 5.12. The molecular weight excluding hydrogens is 394 g/mol. The minimum Gasteiger partial charge on any atom is -0.373 e. The molecular formula is C20H25N3O5S. The molecule has 1 atom stereocenters. The molecule has 1 aromatic carbocycles. The SMILES string of the molecule is O=C(NO)[C@H](CS(=O)(=O)N1CCC(OCc2cccnc2)CC1)c1ccccc1. The average molecular weight is 420 g/mol. The highest BCUT2D eigenvalue weighted by Gasteiger charge is 2.33. The standard InChI is InChI=1S/C20H25N3O5S/c24-20(22-25)19(17-6-2-1-3-7-17)15-29(26,27)23-11-8-18(9-12-23)28-14-16-5-4-10-21-13-16/h1-7,10,13,18-19,25H,8-9,11-12,14-15H2,(H,22,24)/t19-/m1/s1. The highest BCUT2D eigenvalue weighted by atomic mass is 32.2. The maximum atomic E-state index is 12.9. The Morgan fingerprint density at radius 1 is 1.21 bits per heavy atom. The Labute approximate surface area is 170 Å². The predicted molar refractivity (Wildman–Crippen MR) is 107 cm³/mol. The quantitative estimate of drug-likeness (QED) is 0.498. The van der Waals surface area contributed by atoms with Crippen LogP contribution in [0.1, 0.15) is 29.9 Å². The fourth-order valence-electron chi connectivity index (χ4n) is 3.38. The molecule has 29 heavy (non-hydrogen) atoms. The van der Waals surface area contributed by atoms with Gasteiger partial charge < -0.3 is 4.74 Å². The lowest BCUT2D eigenvalue weighted by atomic mass is 10.0. The van der Waals surface area contributed by atoms with Crippen LogP contribution >= 0.6 is 0 Å². The highest BCUT2D eigenvalue weighted by molar-refractivity contribution is 7.89. The largest absolute Gasteiger partial charge is 0.373 e. The molecule has 156 valence electrons. The van der Waals surface area contributed by atoms with Crippen molar-refractivity contribution in [2.75, 3.05) is 18.8 Å². The first-order valence-electron chi connectivity index (χ1n) is 9.47. The van der Waals surface area contributed by atoms with E-state index in [1.54, 1.807) is 48.2 Å². The van der Waals surface area contributed by atoms with Gasteiger partial charge in [-0.1, -0.05) is 36.4 Å². The Kier molecular flexibility index (Phi) is 7.32. The summed E-state index contributed by atoms with van der Waals surface area (Å²) in [6, 6.07) is 12.4. The zero-order valence-electron chi connectivity index (χ0n) is 16.0. The topological polar surface area (TPSA) is 109 Å². The lowest BCUT2D eigenvalue weighted by Gasteiger charge is -2.32. The van der Waals surface area contributed by atoms with Gasteiger partial charge in [-0.15, -0.1) is 0 Å². The molecule has 2 aromatic rings. The lowest BCUT2D eigenvalue weighted by molar-refractivity contribution is -0.130. The second-order valence-electron chi connectivity index (χ2n) is 6.99. The first kappa shape index (κ1) is 21.4. The molecule has 1 aromatic heterocycles. The minimum absolute atomic E-state index is 0.0210. The second-order valence-corrected chi connectivity index (χ2v) is 9.00. The third kappa shape index (κ3) is 5.83. The van der Waals surface area contributed by atoms with Crippen molar-refractivity contribution in [2.24, 2.45) is 0 Å². The fraction of sp³-hybridized carbons (Fsp3) is 0.400. The number of nitrogens with one attached hydrogen (secondary N) is 1. The Balaban J connectivity index is 1.57. The Morgan fingerprint density at radius 3 is 2.55 bits per heavy atom. The van der Waals surface area contributed by atoms with Gasteiger partial charge in [-0.25, -0.2) is 18.2 Å². The summed E-state index contributed by atoms with van der Waals surface area (Å²) in [5, 5.41) is 9.03. The van der Waals surface area contributed by atoms with E-state index in [1.807, 2.05) is 12.1 Å². The number of hydroxylamine groups is 1. The van der Waals surface area contributed by atoms with E-state index in [1.165, 1.54) is 4.31 Å². The van der Waals surface area contributed by atoms with Crippen LogP contribution in [0.2, 0.25) is 0 Å². The third-order valence-electron chi connectivity index (χ3n) is 5.01. The number of hydrogen-bond acceptors (Lipinski definition) is 6. The van der Waals surface area contributed by atoms with Gasteiger partial charge in [-0.3, -0.25) is 15.0 Å². The van der Waals surface area contributed by atoms with Gasteiger partial charge in [0.15, 0.2) is 0 Å². The van der Waals surface area contributed by atoms with Gasteiger partial charge in [0.05, 0.1) is 24.4 Å². The van der Waals surface area contributed by atoms with E-state index in [0.29, 0.717) is 38.1 Å². The maximum absolute atomic E-state index is 12.9. The van der Waals surface area contributed by atoms with Gasteiger partial charge in [0.1, 0.15) is 0 Å². The Morgan fingerprint density at radius 2 is 1.93 bits per heavy atom. The molecule has 0 saturated carbocycles. The molecule has 0 spiro atoms. The molecule has 8 nitrogen and oxygen atoms in total. The van der Waals surface area contributed by atoms with E-state index in [2.05, 4.69) is 4.98 Å². The van der Waals surface area contributed by atoms with E-state index < -0.39 is 27.6 Å². The molecule has 1 aliphatic rings. The van der Waals surface area contributed by atoms with Crippen molar-refractivity contribution in [1.82, 2.24) is 14.8 Å². The van der Waals surface area contributed by atoms with Crippen molar-refractivity contribution in [3.05, 3.63) is 66.0 Å². The van der Waals surface area contributed by atoms with Crippen LogP contribution in [0.4, 0.5) is 0 Å². The average Bonchev–Trinajstić information content (AvgIpc) is 2.77. The van der Waals surface area contributed by atoms with Crippen LogP contribution in [0.5, 0.6) is 0 Å². The number of pyridine rings is 1. The zero-order chi connectivity index (χ0) is 20.7. The Hall–Kier alpha value is -2.33. The van der Waals surface area contributed by atoms with Crippen molar-refractivity contribution >= 4 is 15.9 Å². The summed E-state index contributed by atoms with van der Waals surface area (Å²) in [4.78, 5) is 16.1. The first-order valence-corrected chi connectivity index (χ1v) is 11.1. The van der Waals surface area contributed by atoms with E-state index in [-0.39, 0.29) is 6.10 Å². The Bertz CT molecular complexity index is 885. The van der Waals surface area contributed by atoms with E-state index in [4.69, 9.17) is 9.94 Å².